The molecule has 1 saturated carbocycles. The van der Waals surface area contributed by atoms with Gasteiger partial charge in [-0.25, -0.2) is 15.0 Å². The number of nitrogen functional groups attached to an aromatic ring is 1. The molecule has 2 heterocycles. The number of halogens is 1. The van der Waals surface area contributed by atoms with Crippen molar-refractivity contribution in [1.82, 2.24) is 19.5 Å². The molecule has 5 atom stereocenters. The van der Waals surface area contributed by atoms with Gasteiger partial charge in [0.05, 0.1) is 25.1 Å². The number of aromatic nitrogens is 4. The fourth-order valence-electron chi connectivity index (χ4n) is 3.02. The van der Waals surface area contributed by atoms with Gasteiger partial charge in [0.2, 0.25) is 0 Å². The van der Waals surface area contributed by atoms with Gasteiger partial charge in [-0.2, -0.15) is 0 Å². The molecule has 1 fully saturated rings. The second-order valence-electron chi connectivity index (χ2n) is 5.91. The third-order valence-corrected chi connectivity index (χ3v) is 7.26. The van der Waals surface area contributed by atoms with Gasteiger partial charge >= 0.3 is 0 Å². The highest BCUT2D eigenvalue weighted by Crippen LogP contribution is 2.49. The molecule has 0 bridgehead atoms. The van der Waals surface area contributed by atoms with Gasteiger partial charge in [0.25, 0.3) is 0 Å². The van der Waals surface area contributed by atoms with E-state index in [2.05, 4.69) is 37.5 Å². The number of fused-ring (bicyclic) bond motifs is 1. The maximum absolute atomic E-state index is 10.5. The fourth-order valence-corrected chi connectivity index (χ4v) is 4.72. The predicted octanol–water partition coefficient (Wildman–Crippen LogP) is 0.209. The Morgan fingerprint density at radius 2 is 2.13 bits per heavy atom. The van der Waals surface area contributed by atoms with Crippen LogP contribution in [0, 0.1) is 5.41 Å². The van der Waals surface area contributed by atoms with Crippen LogP contribution in [-0.4, -0.2) is 63.8 Å². The van der Waals surface area contributed by atoms with E-state index in [1.54, 1.807) is 17.8 Å². The summed E-state index contributed by atoms with van der Waals surface area (Å²) < 4.78 is 1.50. The molecule has 2 aromatic heterocycles. The van der Waals surface area contributed by atoms with Crippen LogP contribution in [0.1, 0.15) is 13.0 Å². The zero-order valence-corrected chi connectivity index (χ0v) is 15.6. The molecule has 0 aliphatic heterocycles. The first-order valence-corrected chi connectivity index (χ1v) is 9.47. The third kappa shape index (κ3) is 2.42. The second kappa shape index (κ2) is 5.99. The number of anilines is 1. The molecule has 0 aromatic carbocycles. The number of nitrogens with zero attached hydrogens (tertiary/aromatic N) is 4. The topological polar surface area (TPSA) is 130 Å². The second-order valence-corrected chi connectivity index (χ2v) is 8.03. The third-order valence-electron chi connectivity index (χ3n) is 4.55. The van der Waals surface area contributed by atoms with Crippen molar-refractivity contribution in [3.05, 3.63) is 6.33 Å². The zero-order chi connectivity index (χ0) is 16.9. The van der Waals surface area contributed by atoms with E-state index in [-0.39, 0.29) is 16.3 Å². The number of aliphatic hydroxyl groups excluding tert-OH is 3. The van der Waals surface area contributed by atoms with Crippen LogP contribution in [0.5, 0.6) is 0 Å². The highest BCUT2D eigenvalue weighted by atomic mass is 127. The smallest absolute Gasteiger partial charge is 0.191 e. The van der Waals surface area contributed by atoms with Crippen molar-refractivity contribution in [3.63, 3.8) is 0 Å². The minimum atomic E-state index is -1.05. The molecule has 126 valence electrons. The maximum atomic E-state index is 10.5. The molecule has 0 saturated heterocycles. The SMILES string of the molecule is CSc1nc(N)c2ncn([C@H]3[C@H](O)[C@H](O)[C@@](C)(CO)[C@@H]3I)c2n1. The number of hydrogen-bond acceptors (Lipinski definition) is 8. The standard InChI is InChI=1S/C13H18IN5O3S/c1-13(3-20)8(14)6(7(21)9(13)22)19-4-16-5-10(15)17-12(23-2)18-11(5)19/h4,6-9,20-22H,3H2,1-2H3,(H2,15,17,18)/t6-,7-,8+,9-,13-/m0/s1. The number of imidazole rings is 1. The average molecular weight is 451 g/mol. The van der Waals surface area contributed by atoms with Crippen molar-refractivity contribution in [2.75, 3.05) is 18.6 Å². The van der Waals surface area contributed by atoms with E-state index < -0.39 is 23.7 Å². The van der Waals surface area contributed by atoms with Crippen molar-refractivity contribution in [1.29, 1.82) is 0 Å². The van der Waals surface area contributed by atoms with E-state index in [0.717, 1.165) is 0 Å². The molecule has 8 nitrogen and oxygen atoms in total. The Kier molecular flexibility index (Phi) is 4.46. The maximum Gasteiger partial charge on any atom is 0.191 e. The van der Waals surface area contributed by atoms with Gasteiger partial charge in [-0.05, 0) is 6.26 Å². The zero-order valence-electron chi connectivity index (χ0n) is 12.6. The van der Waals surface area contributed by atoms with Crippen molar-refractivity contribution < 1.29 is 15.3 Å². The van der Waals surface area contributed by atoms with E-state index >= 15 is 0 Å². The quantitative estimate of drug-likeness (QED) is 0.226. The van der Waals surface area contributed by atoms with Gasteiger partial charge in [0, 0.05) is 9.34 Å². The molecule has 0 amide bonds. The van der Waals surface area contributed by atoms with Crippen molar-refractivity contribution in [2.24, 2.45) is 5.41 Å². The lowest BCUT2D eigenvalue weighted by Crippen LogP contribution is -2.39. The van der Waals surface area contributed by atoms with Crippen LogP contribution in [0.3, 0.4) is 0 Å². The molecule has 0 radical (unpaired) electrons. The Morgan fingerprint density at radius 1 is 1.43 bits per heavy atom. The van der Waals surface area contributed by atoms with Crippen LogP contribution in [0.4, 0.5) is 5.82 Å². The predicted molar refractivity (Wildman–Crippen MR) is 95.6 cm³/mol. The Morgan fingerprint density at radius 3 is 2.70 bits per heavy atom. The molecule has 2 aromatic rings. The van der Waals surface area contributed by atoms with Crippen LogP contribution in [0.25, 0.3) is 11.2 Å². The number of thioether (sulfide) groups is 1. The van der Waals surface area contributed by atoms with E-state index in [0.29, 0.717) is 16.3 Å². The lowest BCUT2D eigenvalue weighted by atomic mass is 9.87. The van der Waals surface area contributed by atoms with Crippen LogP contribution < -0.4 is 5.73 Å². The minimum Gasteiger partial charge on any atom is -0.396 e. The van der Waals surface area contributed by atoms with Crippen molar-refractivity contribution in [2.45, 2.75) is 34.3 Å². The summed E-state index contributed by atoms with van der Waals surface area (Å²) >= 11 is 3.52. The van der Waals surface area contributed by atoms with Crippen LogP contribution in [0.2, 0.25) is 0 Å². The Labute approximate surface area is 150 Å². The molecule has 3 rings (SSSR count). The summed E-state index contributed by atoms with van der Waals surface area (Å²) in [7, 11) is 0. The molecular weight excluding hydrogens is 433 g/mol. The fraction of sp³-hybridized carbons (Fsp3) is 0.615. The van der Waals surface area contributed by atoms with E-state index in [1.165, 1.54) is 11.8 Å². The van der Waals surface area contributed by atoms with Gasteiger partial charge in [0.1, 0.15) is 11.6 Å². The molecule has 5 N–H and O–H groups in total. The van der Waals surface area contributed by atoms with Gasteiger partial charge in [-0.15, -0.1) is 0 Å². The highest BCUT2D eigenvalue weighted by molar-refractivity contribution is 14.1. The highest BCUT2D eigenvalue weighted by Gasteiger charge is 2.57. The van der Waals surface area contributed by atoms with Crippen LogP contribution in [-0.2, 0) is 0 Å². The molecule has 1 aliphatic carbocycles. The summed E-state index contributed by atoms with van der Waals surface area (Å²) in [6.07, 6.45) is 1.31. The largest absolute Gasteiger partial charge is 0.396 e. The average Bonchev–Trinajstić information content (AvgIpc) is 3.03. The lowest BCUT2D eigenvalue weighted by molar-refractivity contribution is -0.0391. The summed E-state index contributed by atoms with van der Waals surface area (Å²) in [5.74, 6) is 0.279. The van der Waals surface area contributed by atoms with Gasteiger partial charge in [-0.3, -0.25) is 0 Å². The molecule has 0 unspecified atom stereocenters. The molecular formula is C13H18IN5O3S. The molecule has 1 aliphatic rings. The van der Waals surface area contributed by atoms with E-state index in [4.69, 9.17) is 5.73 Å². The summed E-state index contributed by atoms with van der Waals surface area (Å²) in [6, 6.07) is -0.475. The van der Waals surface area contributed by atoms with Gasteiger partial charge < -0.3 is 25.6 Å². The number of alkyl halides is 1. The monoisotopic (exact) mass is 451 g/mol. The summed E-state index contributed by atoms with van der Waals surface area (Å²) in [4.78, 5) is 12.8. The van der Waals surface area contributed by atoms with E-state index in [9.17, 15) is 15.3 Å². The van der Waals surface area contributed by atoms with E-state index in [1.807, 2.05) is 6.26 Å². The first-order chi connectivity index (χ1) is 10.8. The minimum absolute atomic E-state index is 0.221. The Hall–Kier alpha value is -0.690. The molecule has 0 spiro atoms. The van der Waals surface area contributed by atoms with Crippen LogP contribution in [0.15, 0.2) is 11.5 Å². The molecule has 23 heavy (non-hydrogen) atoms. The summed E-state index contributed by atoms with van der Waals surface area (Å²) in [5.41, 5.74) is 6.09. The van der Waals surface area contributed by atoms with Gasteiger partial charge in [0.15, 0.2) is 16.6 Å². The van der Waals surface area contributed by atoms with Crippen molar-refractivity contribution in [3.8, 4) is 0 Å². The first kappa shape index (κ1) is 17.1. The first-order valence-electron chi connectivity index (χ1n) is 7.00. The lowest BCUT2D eigenvalue weighted by Gasteiger charge is -2.29. The Balaban J connectivity index is 2.15. The van der Waals surface area contributed by atoms with Crippen LogP contribution >= 0.6 is 34.4 Å². The number of nitrogens with two attached hydrogens (primary N) is 1. The van der Waals surface area contributed by atoms with Crippen molar-refractivity contribution >= 4 is 51.3 Å². The summed E-state index contributed by atoms with van der Waals surface area (Å²) in [5, 5.41) is 31.1. The summed E-state index contributed by atoms with van der Waals surface area (Å²) in [6.45, 7) is 1.53. The number of hydrogen-bond donors (Lipinski definition) is 4. The number of aliphatic hydroxyl groups is 3. The normalized spacial score (nSPS) is 34.3. The number of rotatable bonds is 3. The van der Waals surface area contributed by atoms with Gasteiger partial charge in [-0.1, -0.05) is 41.3 Å². The molecule has 10 heteroatoms. The Bertz CT molecular complexity index is 744.